The van der Waals surface area contributed by atoms with Crippen LogP contribution in [0.15, 0.2) is 48.7 Å². The second-order valence-electron chi connectivity index (χ2n) is 9.08. The number of nitrogens with zero attached hydrogens (tertiary/aromatic N) is 5. The summed E-state index contributed by atoms with van der Waals surface area (Å²) in [4.78, 5) is 29.5. The number of benzene rings is 2. The van der Waals surface area contributed by atoms with Gasteiger partial charge in [0, 0.05) is 25.2 Å². The Labute approximate surface area is 210 Å². The first-order chi connectivity index (χ1) is 17.6. The van der Waals surface area contributed by atoms with Crippen molar-refractivity contribution in [2.45, 2.75) is 39.4 Å². The maximum absolute atomic E-state index is 13.6. The van der Waals surface area contributed by atoms with Gasteiger partial charge in [0.05, 0.1) is 45.5 Å². The fourth-order valence-electron chi connectivity index (χ4n) is 4.75. The van der Waals surface area contributed by atoms with E-state index in [4.69, 9.17) is 9.47 Å². The van der Waals surface area contributed by atoms with Crippen LogP contribution < -0.4 is 4.74 Å². The molecule has 0 saturated carbocycles. The number of hydrogen-bond acceptors (Lipinski definition) is 6. The number of carbonyl (C=O) groups excluding carboxylic acids is 2. The molecule has 0 radical (unpaired) electrons. The van der Waals surface area contributed by atoms with Gasteiger partial charge in [-0.25, -0.2) is 4.68 Å². The molecule has 3 heterocycles. The summed E-state index contributed by atoms with van der Waals surface area (Å²) in [7, 11) is 0. The van der Waals surface area contributed by atoms with E-state index in [1.54, 1.807) is 9.58 Å². The fourth-order valence-corrected chi connectivity index (χ4v) is 4.75. The van der Waals surface area contributed by atoms with Crippen molar-refractivity contribution in [3.8, 4) is 5.75 Å². The largest absolute Gasteiger partial charge is 0.494 e. The monoisotopic (exact) mass is 489 g/mol. The van der Waals surface area contributed by atoms with Gasteiger partial charge < -0.3 is 19.3 Å². The molecule has 0 aliphatic carbocycles. The highest BCUT2D eigenvalue weighted by Gasteiger charge is 2.24. The Hall–Kier alpha value is -3.72. The van der Waals surface area contributed by atoms with Crippen LogP contribution in [0.5, 0.6) is 5.75 Å². The number of ether oxygens (including phenoxy) is 2. The molecule has 3 aromatic rings. The molecule has 1 aromatic heterocycles. The van der Waals surface area contributed by atoms with Gasteiger partial charge in [-0.3, -0.25) is 9.59 Å². The summed E-state index contributed by atoms with van der Waals surface area (Å²) in [6, 6.07) is 13.8. The molecular formula is C27H31N5O4. The van der Waals surface area contributed by atoms with Gasteiger partial charge in [-0.1, -0.05) is 29.5 Å². The molecule has 9 heteroatoms. The predicted octanol–water partition coefficient (Wildman–Crippen LogP) is 2.67. The molecule has 0 spiro atoms. The van der Waals surface area contributed by atoms with Crippen molar-refractivity contribution in [1.29, 1.82) is 0 Å². The Morgan fingerprint density at radius 2 is 1.94 bits per heavy atom. The van der Waals surface area contributed by atoms with Crippen LogP contribution in [0.25, 0.3) is 0 Å². The summed E-state index contributed by atoms with van der Waals surface area (Å²) in [6.07, 6.45) is 3.05. The van der Waals surface area contributed by atoms with Gasteiger partial charge in [0.15, 0.2) is 0 Å². The van der Waals surface area contributed by atoms with E-state index < -0.39 is 0 Å². The first-order valence-corrected chi connectivity index (χ1v) is 12.5. The summed E-state index contributed by atoms with van der Waals surface area (Å²) in [5.74, 6) is 0.908. The van der Waals surface area contributed by atoms with Crippen LogP contribution in [0.2, 0.25) is 0 Å². The Bertz CT molecular complexity index is 1240. The number of fused-ring (bicyclic) bond motifs is 1. The van der Waals surface area contributed by atoms with E-state index in [1.807, 2.05) is 54.4 Å². The van der Waals surface area contributed by atoms with Gasteiger partial charge in [0.1, 0.15) is 11.4 Å². The molecule has 1 saturated heterocycles. The number of carbonyl (C=O) groups is 2. The van der Waals surface area contributed by atoms with E-state index in [9.17, 15) is 9.59 Å². The molecule has 2 aromatic carbocycles. The predicted molar refractivity (Wildman–Crippen MR) is 132 cm³/mol. The minimum atomic E-state index is 0.00793. The zero-order chi connectivity index (χ0) is 24.9. The molecule has 1 fully saturated rings. The van der Waals surface area contributed by atoms with E-state index in [2.05, 4.69) is 16.4 Å². The van der Waals surface area contributed by atoms with Gasteiger partial charge in [-0.15, -0.1) is 5.10 Å². The number of hydrogen-bond donors (Lipinski definition) is 0. The van der Waals surface area contributed by atoms with Crippen LogP contribution in [0.3, 0.4) is 0 Å². The molecule has 2 amide bonds. The summed E-state index contributed by atoms with van der Waals surface area (Å²) < 4.78 is 12.8. The van der Waals surface area contributed by atoms with Crippen molar-refractivity contribution < 1.29 is 19.1 Å². The Morgan fingerprint density at radius 3 is 2.83 bits per heavy atom. The molecule has 9 nitrogen and oxygen atoms in total. The number of rotatable bonds is 7. The quantitative estimate of drug-likeness (QED) is 0.507. The van der Waals surface area contributed by atoms with Gasteiger partial charge >= 0.3 is 0 Å². The van der Waals surface area contributed by atoms with Crippen molar-refractivity contribution in [3.05, 3.63) is 76.6 Å². The van der Waals surface area contributed by atoms with Crippen molar-refractivity contribution in [2.24, 2.45) is 0 Å². The summed E-state index contributed by atoms with van der Waals surface area (Å²) in [5, 5.41) is 8.51. The van der Waals surface area contributed by atoms with E-state index in [0.717, 1.165) is 23.3 Å². The van der Waals surface area contributed by atoms with E-state index >= 15 is 0 Å². The average Bonchev–Trinajstić information content (AvgIpc) is 3.23. The van der Waals surface area contributed by atoms with Gasteiger partial charge in [0.2, 0.25) is 5.91 Å². The Balaban J connectivity index is 1.28. The van der Waals surface area contributed by atoms with Crippen LogP contribution in [0, 0.1) is 0 Å². The molecule has 0 bridgehead atoms. The van der Waals surface area contributed by atoms with Crippen LogP contribution in [0.4, 0.5) is 0 Å². The Kier molecular flexibility index (Phi) is 7.27. The maximum Gasteiger partial charge on any atom is 0.254 e. The third kappa shape index (κ3) is 5.41. The summed E-state index contributed by atoms with van der Waals surface area (Å²) >= 11 is 0. The van der Waals surface area contributed by atoms with Crippen LogP contribution in [-0.4, -0.2) is 69.5 Å². The topological polar surface area (TPSA) is 89.8 Å². The standard InChI is InChI=1S/C27H31N5O4/c1-2-36-24-8-7-20-9-11-31(16-22(20)15-24)27(34)25-6-4-3-5-21(25)17-32-19-23(28-29-32)18-30-12-14-35-13-10-26(30)33/h3-8,15,19H,2,9-14,16-18H2,1H3. The third-order valence-electron chi connectivity index (χ3n) is 6.63. The highest BCUT2D eigenvalue weighted by molar-refractivity contribution is 5.95. The third-order valence-corrected chi connectivity index (χ3v) is 6.63. The lowest BCUT2D eigenvalue weighted by Crippen LogP contribution is -2.36. The minimum absolute atomic E-state index is 0.00793. The molecule has 5 rings (SSSR count). The second kappa shape index (κ2) is 10.9. The average molecular weight is 490 g/mol. The molecule has 0 N–H and O–H groups in total. The van der Waals surface area contributed by atoms with Crippen LogP contribution in [-0.2, 0) is 35.6 Å². The highest BCUT2D eigenvalue weighted by Crippen LogP contribution is 2.26. The molecular weight excluding hydrogens is 458 g/mol. The van der Waals surface area contributed by atoms with Crippen molar-refractivity contribution in [2.75, 3.05) is 32.9 Å². The smallest absolute Gasteiger partial charge is 0.254 e. The van der Waals surface area contributed by atoms with E-state index in [1.165, 1.54) is 5.56 Å². The summed E-state index contributed by atoms with van der Waals surface area (Å²) in [5.41, 5.74) is 4.66. The van der Waals surface area contributed by atoms with Crippen LogP contribution >= 0.6 is 0 Å². The molecule has 0 atom stereocenters. The lowest BCUT2D eigenvalue weighted by molar-refractivity contribution is -0.131. The lowest BCUT2D eigenvalue weighted by Gasteiger charge is -2.30. The second-order valence-corrected chi connectivity index (χ2v) is 9.08. The van der Waals surface area contributed by atoms with Gasteiger partial charge in [-0.2, -0.15) is 0 Å². The normalized spacial score (nSPS) is 16.0. The van der Waals surface area contributed by atoms with E-state index in [-0.39, 0.29) is 11.8 Å². The first kappa shape index (κ1) is 24.0. The Morgan fingerprint density at radius 1 is 1.06 bits per heavy atom. The first-order valence-electron chi connectivity index (χ1n) is 12.5. The zero-order valence-corrected chi connectivity index (χ0v) is 20.6. The van der Waals surface area contributed by atoms with Crippen molar-refractivity contribution in [3.63, 3.8) is 0 Å². The fraction of sp³-hybridized carbons (Fsp3) is 0.407. The molecule has 2 aliphatic rings. The maximum atomic E-state index is 13.6. The molecule has 188 valence electrons. The lowest BCUT2D eigenvalue weighted by atomic mass is 9.98. The molecule has 36 heavy (non-hydrogen) atoms. The molecule has 2 aliphatic heterocycles. The number of aromatic nitrogens is 3. The van der Waals surface area contributed by atoms with E-state index in [0.29, 0.717) is 70.2 Å². The molecule has 0 unspecified atom stereocenters. The van der Waals surface area contributed by atoms with Crippen molar-refractivity contribution >= 4 is 11.8 Å². The van der Waals surface area contributed by atoms with Gasteiger partial charge in [-0.05, 0) is 48.2 Å². The van der Waals surface area contributed by atoms with Crippen molar-refractivity contribution in [1.82, 2.24) is 24.8 Å². The van der Waals surface area contributed by atoms with Crippen LogP contribution in [0.1, 0.15) is 46.1 Å². The highest BCUT2D eigenvalue weighted by atomic mass is 16.5. The summed E-state index contributed by atoms with van der Waals surface area (Å²) in [6.45, 7) is 6.18. The zero-order valence-electron chi connectivity index (χ0n) is 20.6. The SMILES string of the molecule is CCOc1ccc2c(c1)CN(C(=O)c1ccccc1Cn1cc(CN3CCOCCC3=O)nn1)CC2. The van der Waals surface area contributed by atoms with Gasteiger partial charge in [0.25, 0.3) is 5.91 Å². The number of amides is 2. The minimum Gasteiger partial charge on any atom is -0.494 e.